The van der Waals surface area contributed by atoms with Crippen molar-refractivity contribution in [1.82, 2.24) is 24.9 Å². The number of para-hydroxylation sites is 1. The third-order valence-corrected chi connectivity index (χ3v) is 5.98. The molecule has 33 heavy (non-hydrogen) atoms. The molecule has 1 aliphatic heterocycles. The summed E-state index contributed by atoms with van der Waals surface area (Å²) in [5, 5.41) is 7.85. The third kappa shape index (κ3) is 3.70. The molecule has 1 saturated heterocycles. The van der Waals surface area contributed by atoms with Gasteiger partial charge in [-0.15, -0.1) is 4.80 Å². The van der Waals surface area contributed by atoms with E-state index in [4.69, 9.17) is 7.48 Å². The number of rotatable bonds is 4. The summed E-state index contributed by atoms with van der Waals surface area (Å²) >= 11 is 0. The molecule has 4 unspecified atom stereocenters. The maximum Gasteiger partial charge on any atom is 0.417 e. The molecule has 0 radical (unpaired) electrons. The lowest BCUT2D eigenvalue weighted by Gasteiger charge is -2.38. The number of carbonyl (C=O) groups is 1. The molecule has 0 N–H and O–H groups in total. The number of hydrogen-bond donors (Lipinski definition) is 0. The quantitative estimate of drug-likeness (QED) is 0.549. The van der Waals surface area contributed by atoms with Crippen LogP contribution in [0.1, 0.15) is 38.4 Å². The molecule has 1 saturated carbocycles. The number of alkyl halides is 3. The molecule has 2 aliphatic rings. The van der Waals surface area contributed by atoms with Crippen LogP contribution >= 0.6 is 0 Å². The molecule has 7 nitrogen and oxygen atoms in total. The second-order valence-electron chi connectivity index (χ2n) is 7.91. The van der Waals surface area contributed by atoms with E-state index in [1.54, 1.807) is 6.92 Å². The Morgan fingerprint density at radius 2 is 1.97 bits per heavy atom. The Morgan fingerprint density at radius 3 is 2.61 bits per heavy atom. The monoisotopic (exact) mass is 463 g/mol. The van der Waals surface area contributed by atoms with E-state index >= 15 is 0 Å². The Kier molecular flexibility index (Phi) is 4.51. The van der Waals surface area contributed by atoms with Crippen molar-refractivity contribution in [3.05, 3.63) is 65.9 Å². The van der Waals surface area contributed by atoms with Crippen LogP contribution in [0.2, 0.25) is 0 Å². The van der Waals surface area contributed by atoms with Gasteiger partial charge in [0.2, 0.25) is 5.88 Å². The number of likely N-dealkylation sites (tertiary alicyclic amines) is 1. The van der Waals surface area contributed by atoms with Gasteiger partial charge in [-0.05, 0) is 43.8 Å². The molecule has 1 aliphatic carbocycles. The fraction of sp³-hybridized carbons (Fsp3) is 0.364. The first-order valence-corrected chi connectivity index (χ1v) is 10.2. The second kappa shape index (κ2) is 7.82. The first kappa shape index (κ1) is 19.0. The third-order valence-electron chi connectivity index (χ3n) is 5.98. The average Bonchev–Trinajstić information content (AvgIpc) is 3.49. The summed E-state index contributed by atoms with van der Waals surface area (Å²) < 4.78 is 76.2. The average molecular weight is 463 g/mol. The molecule has 172 valence electrons. The van der Waals surface area contributed by atoms with E-state index in [2.05, 4.69) is 15.2 Å². The van der Waals surface area contributed by atoms with Crippen LogP contribution in [0.4, 0.5) is 17.6 Å². The van der Waals surface area contributed by atoms with Crippen molar-refractivity contribution in [2.45, 2.75) is 44.1 Å². The number of fused-ring (bicyclic) bond motifs is 2. The molecule has 1 amide bonds. The summed E-state index contributed by atoms with van der Waals surface area (Å²) in [6, 6.07) is 4.53. The zero-order valence-corrected chi connectivity index (χ0v) is 17.2. The van der Waals surface area contributed by atoms with E-state index in [0.29, 0.717) is 6.20 Å². The van der Waals surface area contributed by atoms with Crippen molar-refractivity contribution >= 4 is 5.91 Å². The number of aromatic nitrogens is 4. The van der Waals surface area contributed by atoms with Gasteiger partial charge < -0.3 is 9.64 Å². The van der Waals surface area contributed by atoms with Crippen molar-refractivity contribution in [1.29, 1.82) is 0 Å². The van der Waals surface area contributed by atoms with Gasteiger partial charge in [-0.1, -0.05) is 6.07 Å². The highest BCUT2D eigenvalue weighted by molar-refractivity contribution is 5.98. The lowest BCUT2D eigenvalue weighted by molar-refractivity contribution is -0.137. The molecule has 2 fully saturated rings. The van der Waals surface area contributed by atoms with Crippen LogP contribution in [0.15, 0.2) is 48.9 Å². The molecule has 3 heterocycles. The van der Waals surface area contributed by atoms with Crippen molar-refractivity contribution in [3.8, 4) is 11.6 Å². The first-order valence-electron chi connectivity index (χ1n) is 11.2. The predicted octanol–water partition coefficient (Wildman–Crippen LogP) is 3.89. The number of piperidine rings is 1. The molecular formula is C22H19F4N5O2. The van der Waals surface area contributed by atoms with Crippen LogP contribution in [0, 0.1) is 11.7 Å². The van der Waals surface area contributed by atoms with E-state index in [9.17, 15) is 22.4 Å². The van der Waals surface area contributed by atoms with E-state index in [-0.39, 0.29) is 23.6 Å². The van der Waals surface area contributed by atoms with Crippen molar-refractivity contribution < 1.29 is 29.8 Å². The topological polar surface area (TPSA) is 73.1 Å². The molecule has 1 aromatic carbocycles. The van der Waals surface area contributed by atoms with Gasteiger partial charge in [0.05, 0.1) is 29.6 Å². The zero-order valence-electron chi connectivity index (χ0n) is 19.2. The second-order valence-corrected chi connectivity index (χ2v) is 7.91. The number of benzene rings is 1. The molecule has 2 bridgehead atoms. The molecule has 4 atom stereocenters. The molecule has 5 rings (SSSR count). The SMILES string of the molecule is [2H]C1([2H])C2CC(C1Oc1ccc(C(F)(F)F)cn1)N(C(=O)c1cccc(F)c1-n1nccn1)C2C. The van der Waals surface area contributed by atoms with Crippen LogP contribution in [0.3, 0.4) is 0 Å². The summed E-state index contributed by atoms with van der Waals surface area (Å²) in [5.41, 5.74) is -1.10. The Bertz CT molecular complexity index is 1250. The van der Waals surface area contributed by atoms with Crippen molar-refractivity contribution in [3.63, 3.8) is 0 Å². The van der Waals surface area contributed by atoms with Crippen LogP contribution in [0.5, 0.6) is 5.88 Å². The number of hydrogen-bond acceptors (Lipinski definition) is 5. The highest BCUT2D eigenvalue weighted by Crippen LogP contribution is 2.45. The summed E-state index contributed by atoms with van der Waals surface area (Å²) in [6.45, 7) is 1.71. The smallest absolute Gasteiger partial charge is 0.417 e. The minimum Gasteiger partial charge on any atom is -0.472 e. The summed E-state index contributed by atoms with van der Waals surface area (Å²) in [4.78, 5) is 19.8. The largest absolute Gasteiger partial charge is 0.472 e. The van der Waals surface area contributed by atoms with E-state index in [1.807, 2.05) is 0 Å². The standard InChI is InChI=1S/C22H19F4N5O2/c1-12-13-9-17(18(10-13)33-19-6-5-14(11-27-19)22(24,25)26)30(12)21(32)15-3-2-4-16(23)20(15)31-28-7-8-29-31/h2-8,11-13,17-18H,9-10H2,1H3/i10D2. The zero-order chi connectivity index (χ0) is 25.1. The van der Waals surface area contributed by atoms with E-state index < -0.39 is 53.9 Å². The van der Waals surface area contributed by atoms with Crippen molar-refractivity contribution in [2.24, 2.45) is 5.92 Å². The van der Waals surface area contributed by atoms with Crippen LogP contribution in [0.25, 0.3) is 5.69 Å². The molecule has 0 spiro atoms. The van der Waals surface area contributed by atoms with Gasteiger partial charge in [0.1, 0.15) is 11.8 Å². The van der Waals surface area contributed by atoms with E-state index in [0.717, 1.165) is 16.9 Å². The van der Waals surface area contributed by atoms with E-state index in [1.165, 1.54) is 35.5 Å². The molecule has 2 aromatic heterocycles. The Labute approximate surface area is 188 Å². The minimum absolute atomic E-state index is 0.00688. The van der Waals surface area contributed by atoms with Crippen LogP contribution in [-0.4, -0.2) is 49.0 Å². The fourth-order valence-electron chi connectivity index (χ4n) is 4.42. The van der Waals surface area contributed by atoms with Crippen LogP contribution < -0.4 is 4.74 Å². The number of amides is 1. The van der Waals surface area contributed by atoms with Gasteiger partial charge in [-0.3, -0.25) is 4.79 Å². The highest BCUT2D eigenvalue weighted by Gasteiger charge is 2.53. The summed E-state index contributed by atoms with van der Waals surface area (Å²) in [5.74, 6) is -2.05. The summed E-state index contributed by atoms with van der Waals surface area (Å²) in [7, 11) is 0. The molecule has 3 aromatic rings. The Morgan fingerprint density at radius 1 is 1.21 bits per heavy atom. The lowest BCUT2D eigenvalue weighted by atomic mass is 9.98. The highest BCUT2D eigenvalue weighted by atomic mass is 19.4. The summed E-state index contributed by atoms with van der Waals surface area (Å²) in [6.07, 6.45) is -4.06. The Balaban J connectivity index is 1.47. The molecular weight excluding hydrogens is 442 g/mol. The number of nitrogens with zero attached hydrogens (tertiary/aromatic N) is 5. The van der Waals surface area contributed by atoms with Gasteiger partial charge in [-0.25, -0.2) is 9.37 Å². The lowest BCUT2D eigenvalue weighted by Crippen LogP contribution is -2.51. The molecule has 11 heteroatoms. The van der Waals surface area contributed by atoms with Crippen LogP contribution in [-0.2, 0) is 6.18 Å². The Hall–Kier alpha value is -3.50. The minimum atomic E-state index is -4.57. The number of ether oxygens (including phenoxy) is 1. The van der Waals surface area contributed by atoms with Gasteiger partial charge in [-0.2, -0.15) is 23.4 Å². The maximum atomic E-state index is 14.7. The number of halogens is 4. The normalized spacial score (nSPS) is 26.8. The van der Waals surface area contributed by atoms with Gasteiger partial charge in [0.15, 0.2) is 5.82 Å². The number of pyridine rings is 1. The van der Waals surface area contributed by atoms with Gasteiger partial charge in [0, 0.05) is 21.0 Å². The van der Waals surface area contributed by atoms with Crippen molar-refractivity contribution in [2.75, 3.05) is 0 Å². The van der Waals surface area contributed by atoms with Gasteiger partial charge >= 0.3 is 6.18 Å². The maximum absolute atomic E-state index is 14.7. The van der Waals surface area contributed by atoms with Gasteiger partial charge in [0.25, 0.3) is 5.91 Å². The number of carbonyl (C=O) groups excluding carboxylic acids is 1. The fourth-order valence-corrected chi connectivity index (χ4v) is 4.42. The predicted molar refractivity (Wildman–Crippen MR) is 107 cm³/mol. The first-order chi connectivity index (χ1) is 16.5.